The molecule has 0 fully saturated rings. The van der Waals surface area contributed by atoms with Gasteiger partial charge in [0.15, 0.2) is 6.61 Å². The molecule has 132 valence electrons. The molecule has 3 rings (SSSR count). The van der Waals surface area contributed by atoms with Crippen LogP contribution in [0.25, 0.3) is 17.5 Å². The lowest BCUT2D eigenvalue weighted by molar-refractivity contribution is -0.139. The van der Waals surface area contributed by atoms with Crippen molar-refractivity contribution in [1.29, 1.82) is 0 Å². The van der Waals surface area contributed by atoms with Gasteiger partial charge in [0.05, 0.1) is 7.11 Å². The summed E-state index contributed by atoms with van der Waals surface area (Å²) >= 11 is 5.81. The van der Waals surface area contributed by atoms with Crippen molar-refractivity contribution in [2.45, 2.75) is 6.61 Å². The molecule has 0 unspecified atom stereocenters. The Morgan fingerprint density at radius 3 is 2.81 bits per heavy atom. The molecule has 0 saturated heterocycles. The van der Waals surface area contributed by atoms with Crippen LogP contribution in [0.2, 0.25) is 5.02 Å². The van der Waals surface area contributed by atoms with Crippen molar-refractivity contribution in [3.63, 3.8) is 0 Å². The molecule has 0 radical (unpaired) electrons. The van der Waals surface area contributed by atoms with Gasteiger partial charge in [-0.05, 0) is 35.9 Å². The second kappa shape index (κ2) is 8.31. The number of esters is 1. The maximum atomic E-state index is 11.8. The fourth-order valence-electron chi connectivity index (χ4n) is 2.11. The van der Waals surface area contributed by atoms with Crippen LogP contribution in [0.1, 0.15) is 11.5 Å². The smallest absolute Gasteiger partial charge is 0.331 e. The fraction of sp³-hybridized carbons (Fsp3) is 0.105. The van der Waals surface area contributed by atoms with E-state index in [2.05, 4.69) is 10.1 Å². The molecule has 6 nitrogen and oxygen atoms in total. The number of ether oxygens (including phenoxy) is 2. The second-order valence-corrected chi connectivity index (χ2v) is 5.67. The summed E-state index contributed by atoms with van der Waals surface area (Å²) in [4.78, 5) is 16.0. The molecule has 1 aromatic heterocycles. The van der Waals surface area contributed by atoms with Crippen LogP contribution < -0.4 is 4.74 Å². The van der Waals surface area contributed by atoms with Crippen LogP contribution in [0.15, 0.2) is 59.1 Å². The van der Waals surface area contributed by atoms with Crippen molar-refractivity contribution >= 4 is 23.6 Å². The van der Waals surface area contributed by atoms with Crippen molar-refractivity contribution in [3.05, 3.63) is 71.1 Å². The molecule has 0 N–H and O–H groups in total. The third-order valence-corrected chi connectivity index (χ3v) is 3.67. The molecule has 0 aliphatic carbocycles. The number of aromatic nitrogens is 2. The van der Waals surface area contributed by atoms with E-state index in [4.69, 9.17) is 25.6 Å². The van der Waals surface area contributed by atoms with Crippen LogP contribution in [-0.4, -0.2) is 23.2 Å². The van der Waals surface area contributed by atoms with E-state index in [0.717, 1.165) is 11.1 Å². The van der Waals surface area contributed by atoms with E-state index in [1.807, 2.05) is 18.2 Å². The normalized spacial score (nSPS) is 10.8. The van der Waals surface area contributed by atoms with Gasteiger partial charge >= 0.3 is 5.97 Å². The van der Waals surface area contributed by atoms with E-state index in [9.17, 15) is 4.79 Å². The van der Waals surface area contributed by atoms with Crippen LogP contribution in [0.3, 0.4) is 0 Å². The Morgan fingerprint density at radius 1 is 1.23 bits per heavy atom. The van der Waals surface area contributed by atoms with E-state index in [1.54, 1.807) is 43.5 Å². The second-order valence-electron chi connectivity index (χ2n) is 5.24. The quantitative estimate of drug-likeness (QED) is 0.479. The number of rotatable bonds is 6. The lowest BCUT2D eigenvalue weighted by Gasteiger charge is -2.00. The molecule has 0 atom stereocenters. The summed E-state index contributed by atoms with van der Waals surface area (Å²) in [7, 11) is 1.58. The van der Waals surface area contributed by atoms with Crippen molar-refractivity contribution < 1.29 is 18.8 Å². The minimum atomic E-state index is -0.513. The summed E-state index contributed by atoms with van der Waals surface area (Å²) in [6, 6.07) is 14.3. The SMILES string of the molecule is COc1cccc(-c2noc(COC(=O)/C=C/c3ccc(Cl)cc3)n2)c1. The van der Waals surface area contributed by atoms with Crippen molar-refractivity contribution in [1.82, 2.24) is 10.1 Å². The zero-order valence-corrected chi connectivity index (χ0v) is 14.6. The topological polar surface area (TPSA) is 74.5 Å². The Labute approximate surface area is 155 Å². The number of hydrogen-bond acceptors (Lipinski definition) is 6. The molecule has 0 saturated carbocycles. The molecular formula is C19H15ClN2O4. The highest BCUT2D eigenvalue weighted by Gasteiger charge is 2.10. The first kappa shape index (κ1) is 17.7. The standard InChI is InChI=1S/C19H15ClN2O4/c1-24-16-4-2-3-14(11-16)19-21-17(26-22-19)12-25-18(23)10-7-13-5-8-15(20)9-6-13/h2-11H,12H2,1H3/b10-7+. The van der Waals surface area contributed by atoms with Gasteiger partial charge in [0, 0.05) is 16.7 Å². The largest absolute Gasteiger partial charge is 0.497 e. The van der Waals surface area contributed by atoms with Crippen LogP contribution in [0.4, 0.5) is 0 Å². The van der Waals surface area contributed by atoms with Crippen LogP contribution in [-0.2, 0) is 16.1 Å². The minimum Gasteiger partial charge on any atom is -0.497 e. The zero-order chi connectivity index (χ0) is 18.4. The highest BCUT2D eigenvalue weighted by molar-refractivity contribution is 6.30. The number of benzene rings is 2. The zero-order valence-electron chi connectivity index (χ0n) is 13.9. The third-order valence-electron chi connectivity index (χ3n) is 3.42. The van der Waals surface area contributed by atoms with Crippen LogP contribution in [0.5, 0.6) is 5.75 Å². The molecule has 0 amide bonds. The molecule has 0 aliphatic heterocycles. The Bertz CT molecular complexity index is 919. The fourth-order valence-corrected chi connectivity index (χ4v) is 2.24. The van der Waals surface area contributed by atoms with Gasteiger partial charge in [0.25, 0.3) is 5.89 Å². The Hall–Kier alpha value is -3.12. The minimum absolute atomic E-state index is 0.110. The molecule has 2 aromatic carbocycles. The summed E-state index contributed by atoms with van der Waals surface area (Å²) in [5, 5.41) is 4.51. The average Bonchev–Trinajstić information content (AvgIpc) is 3.15. The summed E-state index contributed by atoms with van der Waals surface area (Å²) in [5.41, 5.74) is 1.58. The Balaban J connectivity index is 1.57. The number of carbonyl (C=O) groups excluding carboxylic acids is 1. The molecule has 7 heteroatoms. The highest BCUT2D eigenvalue weighted by Crippen LogP contribution is 2.21. The lowest BCUT2D eigenvalue weighted by Crippen LogP contribution is -2.00. The van der Waals surface area contributed by atoms with Gasteiger partial charge in [0.2, 0.25) is 5.82 Å². The van der Waals surface area contributed by atoms with E-state index >= 15 is 0 Å². The van der Waals surface area contributed by atoms with Gasteiger partial charge in [-0.15, -0.1) is 0 Å². The van der Waals surface area contributed by atoms with Gasteiger partial charge in [-0.1, -0.05) is 41.0 Å². The first-order chi connectivity index (χ1) is 12.6. The molecule has 26 heavy (non-hydrogen) atoms. The van der Waals surface area contributed by atoms with Gasteiger partial charge in [0.1, 0.15) is 5.75 Å². The Kier molecular flexibility index (Phi) is 5.66. The van der Waals surface area contributed by atoms with Gasteiger partial charge in [-0.25, -0.2) is 4.79 Å². The Morgan fingerprint density at radius 2 is 2.04 bits per heavy atom. The summed E-state index contributed by atoms with van der Waals surface area (Å²) in [6.07, 6.45) is 2.96. The number of halogens is 1. The molecule has 1 heterocycles. The van der Waals surface area contributed by atoms with Crippen molar-refractivity contribution in [2.75, 3.05) is 7.11 Å². The maximum absolute atomic E-state index is 11.8. The number of methoxy groups -OCH3 is 1. The van der Waals surface area contributed by atoms with Gasteiger partial charge in [-0.3, -0.25) is 0 Å². The average molecular weight is 371 g/mol. The van der Waals surface area contributed by atoms with Crippen molar-refractivity contribution in [2.24, 2.45) is 0 Å². The van der Waals surface area contributed by atoms with Gasteiger partial charge in [-0.2, -0.15) is 4.98 Å². The number of carbonyl (C=O) groups is 1. The molecule has 0 spiro atoms. The lowest BCUT2D eigenvalue weighted by atomic mass is 10.2. The van der Waals surface area contributed by atoms with E-state index in [1.165, 1.54) is 6.08 Å². The molecular weight excluding hydrogens is 356 g/mol. The third kappa shape index (κ3) is 4.70. The number of nitrogens with zero attached hydrogens (tertiary/aromatic N) is 2. The molecule has 0 aliphatic rings. The van der Waals surface area contributed by atoms with Crippen LogP contribution >= 0.6 is 11.6 Å². The first-order valence-electron chi connectivity index (χ1n) is 7.71. The van der Waals surface area contributed by atoms with Crippen molar-refractivity contribution in [3.8, 4) is 17.1 Å². The van der Waals surface area contributed by atoms with E-state index in [0.29, 0.717) is 16.6 Å². The monoisotopic (exact) mass is 370 g/mol. The van der Waals surface area contributed by atoms with E-state index in [-0.39, 0.29) is 12.5 Å². The predicted molar refractivity (Wildman–Crippen MR) is 96.6 cm³/mol. The summed E-state index contributed by atoms with van der Waals surface area (Å²) < 4.78 is 15.4. The van der Waals surface area contributed by atoms with Gasteiger partial charge < -0.3 is 14.0 Å². The van der Waals surface area contributed by atoms with E-state index < -0.39 is 5.97 Å². The highest BCUT2D eigenvalue weighted by atomic mass is 35.5. The first-order valence-corrected chi connectivity index (χ1v) is 8.09. The summed E-state index contributed by atoms with van der Waals surface area (Å²) in [6.45, 7) is -0.110. The summed E-state index contributed by atoms with van der Waals surface area (Å²) in [5.74, 6) is 0.774. The molecule has 0 bridgehead atoms. The van der Waals surface area contributed by atoms with Crippen LogP contribution in [0, 0.1) is 0 Å². The maximum Gasteiger partial charge on any atom is 0.331 e. The number of hydrogen-bond donors (Lipinski definition) is 0. The molecule has 3 aromatic rings. The predicted octanol–water partition coefficient (Wildman–Crippen LogP) is 4.16.